The number of ether oxygens (including phenoxy) is 2. The number of rotatable bonds is 5. The number of aromatic nitrogens is 4. The molecule has 130 valence electrons. The van der Waals surface area contributed by atoms with E-state index in [1.807, 2.05) is 0 Å². The standard InChI is InChI=1S/C16H17N5O4/c1-20-8-11(7-17-20)19-13(22)9-21-16(23)14-10(6-18-21)4-5-12(24-2)15(14)25-3/h4-8H,9H2,1-3H3,(H,19,22). The molecule has 25 heavy (non-hydrogen) atoms. The van der Waals surface area contributed by atoms with E-state index in [2.05, 4.69) is 15.5 Å². The zero-order valence-corrected chi connectivity index (χ0v) is 14.0. The second-order valence-electron chi connectivity index (χ2n) is 5.32. The molecule has 0 aliphatic heterocycles. The Hall–Kier alpha value is -3.36. The van der Waals surface area contributed by atoms with Crippen molar-refractivity contribution in [3.8, 4) is 11.5 Å². The number of carbonyl (C=O) groups excluding carboxylic acids is 1. The first-order chi connectivity index (χ1) is 12.0. The zero-order valence-electron chi connectivity index (χ0n) is 14.0. The molecule has 2 aromatic heterocycles. The van der Waals surface area contributed by atoms with Gasteiger partial charge in [-0.2, -0.15) is 10.2 Å². The fourth-order valence-electron chi connectivity index (χ4n) is 2.52. The van der Waals surface area contributed by atoms with Gasteiger partial charge in [0.1, 0.15) is 6.54 Å². The van der Waals surface area contributed by atoms with Crippen LogP contribution in [0.5, 0.6) is 11.5 Å². The van der Waals surface area contributed by atoms with Gasteiger partial charge in [-0.25, -0.2) is 4.68 Å². The molecule has 0 saturated heterocycles. The average Bonchev–Trinajstić information content (AvgIpc) is 3.01. The number of nitrogens with zero attached hydrogens (tertiary/aromatic N) is 4. The molecule has 0 saturated carbocycles. The number of methoxy groups -OCH3 is 2. The highest BCUT2D eigenvalue weighted by molar-refractivity contribution is 5.91. The maximum Gasteiger partial charge on any atom is 0.279 e. The molecule has 1 aromatic carbocycles. The summed E-state index contributed by atoms with van der Waals surface area (Å²) in [7, 11) is 4.69. The summed E-state index contributed by atoms with van der Waals surface area (Å²) in [5.41, 5.74) is 0.107. The van der Waals surface area contributed by atoms with Gasteiger partial charge in [0.05, 0.1) is 37.7 Å². The minimum absolute atomic E-state index is 0.232. The SMILES string of the molecule is COc1ccc2cnn(CC(=O)Nc3cnn(C)c3)c(=O)c2c1OC. The molecule has 0 bridgehead atoms. The van der Waals surface area contributed by atoms with Crippen LogP contribution in [0.2, 0.25) is 0 Å². The minimum Gasteiger partial charge on any atom is -0.493 e. The summed E-state index contributed by atoms with van der Waals surface area (Å²) < 4.78 is 13.2. The van der Waals surface area contributed by atoms with E-state index in [1.165, 1.54) is 26.6 Å². The van der Waals surface area contributed by atoms with Crippen molar-refractivity contribution in [2.45, 2.75) is 6.54 Å². The Morgan fingerprint density at radius 1 is 1.20 bits per heavy atom. The molecule has 9 nitrogen and oxygen atoms in total. The lowest BCUT2D eigenvalue weighted by Gasteiger charge is -2.11. The van der Waals surface area contributed by atoms with Crippen LogP contribution in [0.4, 0.5) is 5.69 Å². The van der Waals surface area contributed by atoms with Gasteiger partial charge in [0.15, 0.2) is 11.5 Å². The quantitative estimate of drug-likeness (QED) is 0.735. The molecule has 9 heteroatoms. The van der Waals surface area contributed by atoms with Crippen molar-refractivity contribution >= 4 is 22.4 Å². The van der Waals surface area contributed by atoms with E-state index >= 15 is 0 Å². The largest absolute Gasteiger partial charge is 0.493 e. The Balaban J connectivity index is 1.95. The van der Waals surface area contributed by atoms with Crippen molar-refractivity contribution in [2.24, 2.45) is 7.05 Å². The lowest BCUT2D eigenvalue weighted by molar-refractivity contribution is -0.117. The Morgan fingerprint density at radius 3 is 2.64 bits per heavy atom. The van der Waals surface area contributed by atoms with Gasteiger partial charge < -0.3 is 14.8 Å². The van der Waals surface area contributed by atoms with Gasteiger partial charge in [0.2, 0.25) is 5.91 Å². The molecule has 1 N–H and O–H groups in total. The lowest BCUT2D eigenvalue weighted by atomic mass is 10.1. The van der Waals surface area contributed by atoms with E-state index in [0.29, 0.717) is 28.0 Å². The molecule has 0 unspecified atom stereocenters. The van der Waals surface area contributed by atoms with Gasteiger partial charge in [-0.15, -0.1) is 0 Å². The molecule has 0 aliphatic carbocycles. The Kier molecular flexibility index (Phi) is 4.38. The Bertz CT molecular complexity index is 992. The zero-order chi connectivity index (χ0) is 18.0. The first-order valence-electron chi connectivity index (χ1n) is 7.42. The van der Waals surface area contributed by atoms with Crippen LogP contribution >= 0.6 is 0 Å². The van der Waals surface area contributed by atoms with Crippen molar-refractivity contribution in [1.29, 1.82) is 0 Å². The molecule has 0 radical (unpaired) electrons. The van der Waals surface area contributed by atoms with E-state index < -0.39 is 5.56 Å². The third-order valence-corrected chi connectivity index (χ3v) is 3.64. The average molecular weight is 343 g/mol. The monoisotopic (exact) mass is 343 g/mol. The molecule has 0 aliphatic rings. The van der Waals surface area contributed by atoms with Gasteiger partial charge in [0.25, 0.3) is 5.56 Å². The number of nitrogens with one attached hydrogen (secondary N) is 1. The molecule has 1 amide bonds. The Morgan fingerprint density at radius 2 is 2.00 bits per heavy atom. The van der Waals surface area contributed by atoms with E-state index in [-0.39, 0.29) is 12.5 Å². The molecule has 0 atom stereocenters. The Labute approximate surface area is 142 Å². The van der Waals surface area contributed by atoms with Gasteiger partial charge in [-0.3, -0.25) is 14.3 Å². The number of anilines is 1. The van der Waals surface area contributed by atoms with Gasteiger partial charge in [0, 0.05) is 18.6 Å². The summed E-state index contributed by atoms with van der Waals surface area (Å²) in [6.07, 6.45) is 4.68. The van der Waals surface area contributed by atoms with Crippen molar-refractivity contribution in [2.75, 3.05) is 19.5 Å². The normalized spacial score (nSPS) is 10.7. The van der Waals surface area contributed by atoms with Gasteiger partial charge >= 0.3 is 0 Å². The minimum atomic E-state index is -0.436. The number of hydrogen-bond acceptors (Lipinski definition) is 6. The van der Waals surface area contributed by atoms with E-state index in [4.69, 9.17) is 9.47 Å². The topological polar surface area (TPSA) is 100 Å². The summed E-state index contributed by atoms with van der Waals surface area (Å²) in [6, 6.07) is 3.41. The van der Waals surface area contributed by atoms with E-state index in [0.717, 1.165) is 4.68 Å². The predicted molar refractivity (Wildman–Crippen MR) is 90.9 cm³/mol. The summed E-state index contributed by atoms with van der Waals surface area (Å²) in [4.78, 5) is 24.9. The first-order valence-corrected chi connectivity index (χ1v) is 7.42. The van der Waals surface area contributed by atoms with Crippen molar-refractivity contribution in [3.63, 3.8) is 0 Å². The highest BCUT2D eigenvalue weighted by Gasteiger charge is 2.16. The molecule has 3 aromatic rings. The summed E-state index contributed by atoms with van der Waals surface area (Å²) in [6.45, 7) is -0.232. The molecule has 3 rings (SSSR count). The van der Waals surface area contributed by atoms with Crippen LogP contribution in [0, 0.1) is 0 Å². The summed E-state index contributed by atoms with van der Waals surface area (Å²) >= 11 is 0. The van der Waals surface area contributed by atoms with Crippen LogP contribution < -0.4 is 20.3 Å². The molecule has 2 heterocycles. The first kappa shape index (κ1) is 16.5. The number of benzene rings is 1. The van der Waals surface area contributed by atoms with Gasteiger partial charge in [-0.05, 0) is 12.1 Å². The summed E-state index contributed by atoms with van der Waals surface area (Å²) in [5, 5.41) is 11.6. The van der Waals surface area contributed by atoms with Crippen molar-refractivity contribution in [1.82, 2.24) is 19.6 Å². The fourth-order valence-corrected chi connectivity index (χ4v) is 2.52. The van der Waals surface area contributed by atoms with E-state index in [1.54, 1.807) is 30.1 Å². The third-order valence-electron chi connectivity index (χ3n) is 3.64. The van der Waals surface area contributed by atoms with Crippen LogP contribution in [0.3, 0.4) is 0 Å². The highest BCUT2D eigenvalue weighted by atomic mass is 16.5. The maximum absolute atomic E-state index is 12.7. The number of fused-ring (bicyclic) bond motifs is 1. The number of carbonyl (C=O) groups is 1. The summed E-state index contributed by atoms with van der Waals surface area (Å²) in [5.74, 6) is 0.363. The van der Waals surface area contributed by atoms with Crippen molar-refractivity contribution in [3.05, 3.63) is 41.1 Å². The highest BCUT2D eigenvalue weighted by Crippen LogP contribution is 2.32. The van der Waals surface area contributed by atoms with Crippen LogP contribution in [0.25, 0.3) is 10.8 Å². The molecular weight excluding hydrogens is 326 g/mol. The molecule has 0 spiro atoms. The second kappa shape index (κ2) is 6.63. The van der Waals surface area contributed by atoms with Gasteiger partial charge in [-0.1, -0.05) is 0 Å². The predicted octanol–water partition coefficient (Wildman–Crippen LogP) is 0.786. The van der Waals surface area contributed by atoms with Crippen LogP contribution in [-0.4, -0.2) is 39.7 Å². The van der Waals surface area contributed by atoms with Crippen LogP contribution in [-0.2, 0) is 18.4 Å². The third kappa shape index (κ3) is 3.16. The number of amides is 1. The maximum atomic E-state index is 12.7. The number of aryl methyl sites for hydroxylation is 1. The van der Waals surface area contributed by atoms with Crippen molar-refractivity contribution < 1.29 is 14.3 Å². The van der Waals surface area contributed by atoms with Crippen LogP contribution in [0.15, 0.2) is 35.5 Å². The smallest absolute Gasteiger partial charge is 0.279 e. The van der Waals surface area contributed by atoms with E-state index in [9.17, 15) is 9.59 Å². The van der Waals surface area contributed by atoms with Crippen LogP contribution in [0.1, 0.15) is 0 Å². The number of hydrogen-bond donors (Lipinski definition) is 1. The second-order valence-corrected chi connectivity index (χ2v) is 5.32. The fraction of sp³-hybridized carbons (Fsp3) is 0.250. The lowest BCUT2D eigenvalue weighted by Crippen LogP contribution is -2.29. The molecule has 0 fully saturated rings. The molecular formula is C16H17N5O4.